The number of carbonyl (C=O) groups excluding carboxylic acids is 1. The number of hydrogen-bond donors (Lipinski definition) is 1. The van der Waals surface area contributed by atoms with Gasteiger partial charge in [-0.3, -0.25) is 4.79 Å². The third kappa shape index (κ3) is 3.17. The second kappa shape index (κ2) is 6.05. The Bertz CT molecular complexity index is 658. The first kappa shape index (κ1) is 14.5. The van der Waals surface area contributed by atoms with Gasteiger partial charge in [-0.2, -0.15) is 0 Å². The van der Waals surface area contributed by atoms with E-state index in [-0.39, 0.29) is 5.56 Å². The summed E-state index contributed by atoms with van der Waals surface area (Å²) in [4.78, 5) is 12.1. The Kier molecular flexibility index (Phi) is 4.39. The molecule has 0 unspecified atom stereocenters. The Morgan fingerprint density at radius 3 is 2.75 bits per heavy atom. The fraction of sp³-hybridized carbons (Fsp3) is 0.133. The van der Waals surface area contributed by atoms with E-state index in [1.54, 1.807) is 37.3 Å². The van der Waals surface area contributed by atoms with E-state index in [9.17, 15) is 9.18 Å². The Labute approximate surface area is 124 Å². The molecular weight excluding hydrogens is 325 g/mol. The van der Waals surface area contributed by atoms with Gasteiger partial charge in [-0.1, -0.05) is 28.1 Å². The highest BCUT2D eigenvalue weighted by atomic mass is 79.9. The van der Waals surface area contributed by atoms with Crippen LogP contribution in [0.4, 0.5) is 10.1 Å². The number of benzene rings is 2. The van der Waals surface area contributed by atoms with Gasteiger partial charge >= 0.3 is 0 Å². The molecule has 0 heterocycles. The van der Waals surface area contributed by atoms with Gasteiger partial charge in [0.15, 0.2) is 0 Å². The second-order valence-electron chi connectivity index (χ2n) is 4.27. The number of aryl methyl sites for hydroxylation is 1. The number of ether oxygens (including phenoxy) is 1. The summed E-state index contributed by atoms with van der Waals surface area (Å²) >= 11 is 3.32. The summed E-state index contributed by atoms with van der Waals surface area (Å²) < 4.78 is 19.8. The molecule has 1 N–H and O–H groups in total. The number of hydrogen-bond acceptors (Lipinski definition) is 2. The van der Waals surface area contributed by atoms with Crippen molar-refractivity contribution < 1.29 is 13.9 Å². The zero-order chi connectivity index (χ0) is 14.7. The summed E-state index contributed by atoms with van der Waals surface area (Å²) in [5, 5.41) is 2.65. The number of methoxy groups -OCH3 is 1. The van der Waals surface area contributed by atoms with Crippen LogP contribution in [0, 0.1) is 12.7 Å². The molecule has 0 fully saturated rings. The molecule has 3 nitrogen and oxygen atoms in total. The molecular formula is C15H13BrFNO2. The first-order valence-corrected chi connectivity index (χ1v) is 6.71. The van der Waals surface area contributed by atoms with Crippen molar-refractivity contribution in [3.63, 3.8) is 0 Å². The highest BCUT2D eigenvalue weighted by Crippen LogP contribution is 2.25. The van der Waals surface area contributed by atoms with E-state index >= 15 is 0 Å². The Morgan fingerprint density at radius 1 is 1.30 bits per heavy atom. The van der Waals surface area contributed by atoms with Gasteiger partial charge in [-0.25, -0.2) is 4.39 Å². The summed E-state index contributed by atoms with van der Waals surface area (Å²) in [7, 11) is 1.54. The molecule has 0 aliphatic carbocycles. The smallest absolute Gasteiger partial charge is 0.258 e. The first-order chi connectivity index (χ1) is 9.51. The minimum absolute atomic E-state index is 0.0175. The van der Waals surface area contributed by atoms with Crippen molar-refractivity contribution in [1.29, 1.82) is 0 Å². The molecule has 0 saturated heterocycles. The summed E-state index contributed by atoms with van der Waals surface area (Å²) in [6.07, 6.45) is 0. The lowest BCUT2D eigenvalue weighted by Crippen LogP contribution is -2.14. The predicted octanol–water partition coefficient (Wildman–Crippen LogP) is 4.16. The molecule has 0 bridgehead atoms. The number of nitrogens with one attached hydrogen (secondary N) is 1. The average molecular weight is 338 g/mol. The van der Waals surface area contributed by atoms with Crippen molar-refractivity contribution in [2.24, 2.45) is 0 Å². The van der Waals surface area contributed by atoms with Crippen LogP contribution in [-0.2, 0) is 0 Å². The van der Waals surface area contributed by atoms with E-state index in [1.165, 1.54) is 13.2 Å². The third-order valence-corrected chi connectivity index (χ3v) is 3.26. The Morgan fingerprint density at radius 2 is 2.05 bits per heavy atom. The highest BCUT2D eigenvalue weighted by Gasteiger charge is 2.13. The van der Waals surface area contributed by atoms with Gasteiger partial charge < -0.3 is 10.1 Å². The fourth-order valence-corrected chi connectivity index (χ4v) is 2.25. The maximum absolute atomic E-state index is 13.9. The number of carbonyl (C=O) groups is 1. The molecule has 20 heavy (non-hydrogen) atoms. The topological polar surface area (TPSA) is 38.3 Å². The standard InChI is InChI=1S/C15H13BrFNO2/c1-9-4-3-5-13(14(9)17)15(19)18-11-6-10(16)7-12(8-11)20-2/h3-8H,1-2H3,(H,18,19). The maximum atomic E-state index is 13.9. The maximum Gasteiger partial charge on any atom is 0.258 e. The summed E-state index contributed by atoms with van der Waals surface area (Å²) in [6.45, 7) is 1.62. The number of anilines is 1. The van der Waals surface area contributed by atoms with Crippen molar-refractivity contribution in [2.45, 2.75) is 6.92 Å². The summed E-state index contributed by atoms with van der Waals surface area (Å²) in [5.74, 6) is -0.405. The van der Waals surface area contributed by atoms with Crippen molar-refractivity contribution in [3.05, 3.63) is 57.8 Å². The minimum Gasteiger partial charge on any atom is -0.497 e. The first-order valence-electron chi connectivity index (χ1n) is 5.92. The van der Waals surface area contributed by atoms with E-state index in [0.717, 1.165) is 4.47 Å². The van der Waals surface area contributed by atoms with Crippen LogP contribution in [-0.4, -0.2) is 13.0 Å². The third-order valence-electron chi connectivity index (χ3n) is 2.80. The molecule has 104 valence electrons. The molecule has 2 aromatic carbocycles. The molecule has 5 heteroatoms. The fourth-order valence-electron chi connectivity index (χ4n) is 1.77. The van der Waals surface area contributed by atoms with Gasteiger partial charge in [0.2, 0.25) is 0 Å². The highest BCUT2D eigenvalue weighted by molar-refractivity contribution is 9.10. The quantitative estimate of drug-likeness (QED) is 0.913. The van der Waals surface area contributed by atoms with E-state index in [1.807, 2.05) is 0 Å². The molecule has 1 amide bonds. The number of amides is 1. The van der Waals surface area contributed by atoms with Gasteiger partial charge in [0.25, 0.3) is 5.91 Å². The lowest BCUT2D eigenvalue weighted by atomic mass is 10.1. The minimum atomic E-state index is -0.507. The van der Waals surface area contributed by atoms with E-state index in [4.69, 9.17) is 4.74 Å². The van der Waals surface area contributed by atoms with Crippen molar-refractivity contribution in [1.82, 2.24) is 0 Å². The molecule has 0 aromatic heterocycles. The molecule has 0 radical (unpaired) electrons. The van der Waals surface area contributed by atoms with Gasteiger partial charge in [0, 0.05) is 16.2 Å². The average Bonchev–Trinajstić information content (AvgIpc) is 2.41. The van der Waals surface area contributed by atoms with Crippen LogP contribution in [0.5, 0.6) is 5.75 Å². The van der Waals surface area contributed by atoms with Crippen molar-refractivity contribution >= 4 is 27.5 Å². The van der Waals surface area contributed by atoms with E-state index in [0.29, 0.717) is 17.0 Å². The van der Waals surface area contributed by atoms with Crippen LogP contribution in [0.3, 0.4) is 0 Å². The number of halogens is 2. The van der Waals surface area contributed by atoms with E-state index < -0.39 is 11.7 Å². The van der Waals surface area contributed by atoms with Gasteiger partial charge in [-0.05, 0) is 30.7 Å². The molecule has 0 spiro atoms. The van der Waals surface area contributed by atoms with Crippen molar-refractivity contribution in [2.75, 3.05) is 12.4 Å². The SMILES string of the molecule is COc1cc(Br)cc(NC(=O)c2cccc(C)c2F)c1. The lowest BCUT2D eigenvalue weighted by molar-refractivity contribution is 0.102. The second-order valence-corrected chi connectivity index (χ2v) is 5.19. The van der Waals surface area contributed by atoms with Crippen molar-refractivity contribution in [3.8, 4) is 5.75 Å². The van der Waals surface area contributed by atoms with Crippen LogP contribution in [0.1, 0.15) is 15.9 Å². The summed E-state index contributed by atoms with van der Waals surface area (Å²) in [5.41, 5.74) is 0.982. The van der Waals surface area contributed by atoms with Gasteiger partial charge in [0.1, 0.15) is 11.6 Å². The largest absolute Gasteiger partial charge is 0.497 e. The van der Waals surface area contributed by atoms with E-state index in [2.05, 4.69) is 21.2 Å². The lowest BCUT2D eigenvalue weighted by Gasteiger charge is -2.09. The molecule has 2 aromatic rings. The molecule has 0 atom stereocenters. The summed E-state index contributed by atoms with van der Waals surface area (Å²) in [6, 6.07) is 9.86. The van der Waals surface area contributed by atoms with Gasteiger partial charge in [-0.15, -0.1) is 0 Å². The van der Waals surface area contributed by atoms with Gasteiger partial charge in [0.05, 0.1) is 12.7 Å². The van der Waals surface area contributed by atoms with Crippen LogP contribution in [0.25, 0.3) is 0 Å². The monoisotopic (exact) mass is 337 g/mol. The molecule has 2 rings (SSSR count). The molecule has 0 aliphatic heterocycles. The van der Waals surface area contributed by atoms with Crippen LogP contribution in [0.2, 0.25) is 0 Å². The van der Waals surface area contributed by atoms with Crippen LogP contribution >= 0.6 is 15.9 Å². The van der Waals surface area contributed by atoms with Crippen LogP contribution < -0.4 is 10.1 Å². The zero-order valence-corrected chi connectivity index (χ0v) is 12.6. The Balaban J connectivity index is 2.28. The number of rotatable bonds is 3. The normalized spacial score (nSPS) is 10.2. The Hall–Kier alpha value is -1.88. The van der Waals surface area contributed by atoms with Crippen LogP contribution in [0.15, 0.2) is 40.9 Å². The zero-order valence-electron chi connectivity index (χ0n) is 11.0. The molecule has 0 aliphatic rings. The predicted molar refractivity (Wildman–Crippen MR) is 79.8 cm³/mol. The molecule has 0 saturated carbocycles.